The molecule has 0 atom stereocenters. The first-order valence-electron chi connectivity index (χ1n) is 11.4. The quantitative estimate of drug-likeness (QED) is 0.511. The monoisotopic (exact) mass is 478 g/mol. The molecular weight excluding hydrogens is 448 g/mol. The lowest BCUT2D eigenvalue weighted by Gasteiger charge is -2.30. The van der Waals surface area contributed by atoms with E-state index in [2.05, 4.69) is 0 Å². The summed E-state index contributed by atoms with van der Waals surface area (Å²) in [6.45, 7) is 6.14. The zero-order valence-corrected chi connectivity index (χ0v) is 20.9. The third-order valence-electron chi connectivity index (χ3n) is 6.41. The summed E-state index contributed by atoms with van der Waals surface area (Å²) in [4.78, 5) is 14.5. The first-order valence-corrected chi connectivity index (χ1v) is 12.8. The van der Waals surface area contributed by atoms with E-state index >= 15 is 0 Å². The van der Waals surface area contributed by atoms with Gasteiger partial charge in [-0.05, 0) is 92.3 Å². The molecule has 34 heavy (non-hydrogen) atoms. The van der Waals surface area contributed by atoms with Gasteiger partial charge in [0, 0.05) is 19.3 Å². The fourth-order valence-electron chi connectivity index (χ4n) is 4.13. The second-order valence-corrected chi connectivity index (χ2v) is 10.6. The van der Waals surface area contributed by atoms with E-state index in [-0.39, 0.29) is 17.4 Å². The highest BCUT2D eigenvalue weighted by atomic mass is 32.2. The highest BCUT2D eigenvalue weighted by Crippen LogP contribution is 2.33. The maximum Gasteiger partial charge on any atom is 0.264 e. The largest absolute Gasteiger partial charge is 0.483 e. The number of carbonyl (C=O) groups excluding carboxylic acids is 1. The maximum atomic E-state index is 13.4. The molecule has 3 aromatic carbocycles. The smallest absolute Gasteiger partial charge is 0.264 e. The van der Waals surface area contributed by atoms with E-state index in [4.69, 9.17) is 4.74 Å². The summed E-state index contributed by atoms with van der Waals surface area (Å²) in [6.07, 6.45) is 1.66. The summed E-state index contributed by atoms with van der Waals surface area (Å²) >= 11 is 0. The predicted molar refractivity (Wildman–Crippen MR) is 135 cm³/mol. The van der Waals surface area contributed by atoms with Gasteiger partial charge >= 0.3 is 0 Å². The van der Waals surface area contributed by atoms with Crippen molar-refractivity contribution in [1.29, 1.82) is 0 Å². The number of benzene rings is 3. The Kier molecular flexibility index (Phi) is 6.66. The molecular formula is C27H30N2O4S. The van der Waals surface area contributed by atoms with Gasteiger partial charge < -0.3 is 9.64 Å². The van der Waals surface area contributed by atoms with Crippen LogP contribution in [0.1, 0.15) is 28.7 Å². The molecule has 1 heterocycles. The van der Waals surface area contributed by atoms with Crippen LogP contribution in [0.15, 0.2) is 65.6 Å². The number of hydrogen-bond acceptors (Lipinski definition) is 4. The van der Waals surface area contributed by atoms with E-state index in [0.29, 0.717) is 17.9 Å². The summed E-state index contributed by atoms with van der Waals surface area (Å²) in [5, 5.41) is 0. The standard InChI is InChI=1S/C27H30N2O4S/c1-19-11-12-23(16-20(19)2)28(4)27(30)18-33-26-14-13-24(17-21(26)3)34(31,32)29-15-7-9-22-8-5-6-10-25(22)29/h5-6,8,10-14,16-17H,7,9,15,18H2,1-4H3. The van der Waals surface area contributed by atoms with Gasteiger partial charge in [-0.25, -0.2) is 8.42 Å². The molecule has 0 saturated heterocycles. The summed E-state index contributed by atoms with van der Waals surface area (Å²) in [5.74, 6) is 0.295. The molecule has 178 valence electrons. The number of aryl methyl sites for hydroxylation is 4. The van der Waals surface area contributed by atoms with Crippen molar-refractivity contribution in [3.05, 3.63) is 82.9 Å². The lowest BCUT2D eigenvalue weighted by atomic mass is 10.0. The Labute approximate surface area is 201 Å². The van der Waals surface area contributed by atoms with Gasteiger partial charge in [0.1, 0.15) is 5.75 Å². The Bertz CT molecular complexity index is 1330. The first kappa shape index (κ1) is 23.8. The third kappa shape index (κ3) is 4.66. The molecule has 1 aliphatic heterocycles. The SMILES string of the molecule is Cc1ccc(N(C)C(=O)COc2ccc(S(=O)(=O)N3CCCc4ccccc43)cc2C)cc1C. The normalized spacial score (nSPS) is 13.4. The van der Waals surface area contributed by atoms with Gasteiger partial charge in [0.2, 0.25) is 0 Å². The van der Waals surface area contributed by atoms with Crippen molar-refractivity contribution in [2.45, 2.75) is 38.5 Å². The molecule has 1 aliphatic rings. The van der Waals surface area contributed by atoms with Crippen molar-refractivity contribution in [3.8, 4) is 5.75 Å². The molecule has 0 aliphatic carbocycles. The number of para-hydroxylation sites is 1. The fraction of sp³-hybridized carbons (Fsp3) is 0.296. The number of likely N-dealkylation sites (N-methyl/N-ethyl adjacent to an activating group) is 1. The lowest BCUT2D eigenvalue weighted by molar-refractivity contribution is -0.120. The molecule has 0 bridgehead atoms. The molecule has 7 heteroatoms. The number of carbonyl (C=O) groups is 1. The Morgan fingerprint density at radius 1 is 0.971 bits per heavy atom. The number of ether oxygens (including phenoxy) is 1. The molecule has 0 spiro atoms. The van der Waals surface area contributed by atoms with Gasteiger partial charge in [-0.2, -0.15) is 0 Å². The number of rotatable bonds is 6. The van der Waals surface area contributed by atoms with Crippen molar-refractivity contribution < 1.29 is 17.9 Å². The highest BCUT2D eigenvalue weighted by molar-refractivity contribution is 7.92. The second kappa shape index (κ2) is 9.50. The molecule has 0 aromatic heterocycles. The van der Waals surface area contributed by atoms with Gasteiger partial charge in [0.05, 0.1) is 10.6 Å². The van der Waals surface area contributed by atoms with Crippen LogP contribution in [-0.4, -0.2) is 34.5 Å². The van der Waals surface area contributed by atoms with Crippen molar-refractivity contribution >= 4 is 27.3 Å². The summed E-state index contributed by atoms with van der Waals surface area (Å²) in [7, 11) is -1.98. The minimum absolute atomic E-state index is 0.143. The molecule has 0 saturated carbocycles. The van der Waals surface area contributed by atoms with Crippen LogP contribution in [0.4, 0.5) is 11.4 Å². The zero-order chi connectivity index (χ0) is 24.5. The maximum absolute atomic E-state index is 13.4. The van der Waals surface area contributed by atoms with Crippen LogP contribution in [-0.2, 0) is 21.2 Å². The van der Waals surface area contributed by atoms with Gasteiger partial charge in [-0.1, -0.05) is 24.3 Å². The van der Waals surface area contributed by atoms with Crippen LogP contribution in [0.2, 0.25) is 0 Å². The van der Waals surface area contributed by atoms with E-state index in [0.717, 1.165) is 35.3 Å². The van der Waals surface area contributed by atoms with Crippen molar-refractivity contribution in [2.75, 3.05) is 29.4 Å². The average Bonchev–Trinajstić information content (AvgIpc) is 2.83. The Hall–Kier alpha value is -3.32. The lowest BCUT2D eigenvalue weighted by Crippen LogP contribution is -2.35. The molecule has 0 radical (unpaired) electrons. The topological polar surface area (TPSA) is 66.9 Å². The molecule has 4 rings (SSSR count). The van der Waals surface area contributed by atoms with E-state index in [1.165, 1.54) is 9.87 Å². The highest BCUT2D eigenvalue weighted by Gasteiger charge is 2.29. The van der Waals surface area contributed by atoms with Crippen LogP contribution in [0.3, 0.4) is 0 Å². The van der Waals surface area contributed by atoms with Gasteiger partial charge in [-0.15, -0.1) is 0 Å². The van der Waals surface area contributed by atoms with Gasteiger partial charge in [0.15, 0.2) is 6.61 Å². The number of amides is 1. The number of anilines is 2. The van der Waals surface area contributed by atoms with Crippen molar-refractivity contribution in [1.82, 2.24) is 0 Å². The number of fused-ring (bicyclic) bond motifs is 1. The molecule has 0 fully saturated rings. The Morgan fingerprint density at radius 3 is 2.47 bits per heavy atom. The molecule has 1 amide bonds. The van der Waals surface area contributed by atoms with E-state index in [1.807, 2.05) is 56.3 Å². The van der Waals surface area contributed by atoms with E-state index < -0.39 is 10.0 Å². The van der Waals surface area contributed by atoms with Gasteiger partial charge in [0.25, 0.3) is 15.9 Å². The minimum atomic E-state index is -3.70. The summed E-state index contributed by atoms with van der Waals surface area (Å²) in [5.41, 5.74) is 5.53. The van der Waals surface area contributed by atoms with E-state index in [1.54, 1.807) is 37.1 Å². The van der Waals surface area contributed by atoms with Crippen molar-refractivity contribution in [3.63, 3.8) is 0 Å². The Balaban J connectivity index is 1.48. The predicted octanol–water partition coefficient (Wildman–Crippen LogP) is 4.80. The minimum Gasteiger partial charge on any atom is -0.483 e. The average molecular weight is 479 g/mol. The first-order chi connectivity index (χ1) is 16.2. The number of nitrogens with zero attached hydrogens (tertiary/aromatic N) is 2. The zero-order valence-electron chi connectivity index (χ0n) is 20.0. The molecule has 3 aromatic rings. The van der Waals surface area contributed by atoms with Crippen LogP contribution < -0.4 is 13.9 Å². The molecule has 6 nitrogen and oxygen atoms in total. The van der Waals surface area contributed by atoms with Crippen molar-refractivity contribution in [2.24, 2.45) is 0 Å². The van der Waals surface area contributed by atoms with Gasteiger partial charge in [-0.3, -0.25) is 9.10 Å². The van der Waals surface area contributed by atoms with Crippen LogP contribution in [0.5, 0.6) is 5.75 Å². The van der Waals surface area contributed by atoms with Crippen LogP contribution in [0.25, 0.3) is 0 Å². The summed E-state index contributed by atoms with van der Waals surface area (Å²) in [6, 6.07) is 18.3. The second-order valence-electron chi connectivity index (χ2n) is 8.75. The fourth-order valence-corrected chi connectivity index (χ4v) is 5.76. The number of sulfonamides is 1. The van der Waals surface area contributed by atoms with Crippen LogP contribution >= 0.6 is 0 Å². The Morgan fingerprint density at radius 2 is 1.74 bits per heavy atom. The summed E-state index contributed by atoms with van der Waals surface area (Å²) < 4.78 is 34.1. The van der Waals surface area contributed by atoms with E-state index in [9.17, 15) is 13.2 Å². The molecule has 0 unspecified atom stereocenters. The number of hydrogen-bond donors (Lipinski definition) is 0. The molecule has 0 N–H and O–H groups in total. The van der Waals surface area contributed by atoms with Crippen LogP contribution in [0, 0.1) is 20.8 Å². The third-order valence-corrected chi connectivity index (χ3v) is 8.21.